The topological polar surface area (TPSA) is 97.5 Å². The van der Waals surface area contributed by atoms with E-state index in [0.717, 1.165) is 65.8 Å². The van der Waals surface area contributed by atoms with Crippen molar-refractivity contribution in [2.45, 2.75) is 51.1 Å². The van der Waals surface area contributed by atoms with Gasteiger partial charge in [-0.3, -0.25) is 19.3 Å². The van der Waals surface area contributed by atoms with E-state index in [1.165, 1.54) is 13.3 Å². The van der Waals surface area contributed by atoms with Crippen molar-refractivity contribution in [3.05, 3.63) is 84.4 Å². The van der Waals surface area contributed by atoms with Crippen LogP contribution in [0.25, 0.3) is 22.2 Å². The molecule has 4 aromatic rings. The number of H-pyrrole nitrogens is 1. The highest BCUT2D eigenvalue weighted by atomic mass is 16.2. The van der Waals surface area contributed by atoms with Gasteiger partial charge in [0, 0.05) is 41.4 Å². The van der Waals surface area contributed by atoms with Crippen LogP contribution in [0.1, 0.15) is 50.6 Å². The maximum atomic E-state index is 14.1. The predicted molar refractivity (Wildman–Crippen MR) is 166 cm³/mol. The predicted octanol–water partition coefficient (Wildman–Crippen LogP) is 5.95. The molecule has 42 heavy (non-hydrogen) atoms. The number of carbonyl (C=O) groups is 3. The number of amides is 3. The lowest BCUT2D eigenvalue weighted by molar-refractivity contribution is -0.142. The molecule has 0 radical (unpaired) electrons. The monoisotopic (exact) mass is 563 g/mol. The standard InChI is InChI=1S/C34H37N5O3/c1-23(40)35-27-14-12-24(13-15-27)30-22-26-21-28(16-17-29(26)37-30)36-33(41)31-11-8-20-39(31)34(42)32(25-9-4-2-5-10-25)38-18-6-3-7-19-38/h2,4-5,9-10,12-17,21-22,31-32,37H,3,6-8,11,18-20H2,1H3,(H,35,40)(H,36,41)/t31-,32+/m0/s1. The van der Waals surface area contributed by atoms with Crippen LogP contribution in [-0.4, -0.2) is 58.2 Å². The highest BCUT2D eigenvalue weighted by Gasteiger charge is 2.40. The Labute approximate surface area is 246 Å². The molecule has 0 saturated carbocycles. The van der Waals surface area contributed by atoms with Crippen molar-refractivity contribution in [2.24, 2.45) is 0 Å². The third-order valence-electron chi connectivity index (χ3n) is 8.35. The Morgan fingerprint density at radius 1 is 0.810 bits per heavy atom. The van der Waals surface area contributed by atoms with Crippen molar-refractivity contribution in [2.75, 3.05) is 30.3 Å². The summed E-state index contributed by atoms with van der Waals surface area (Å²) < 4.78 is 0. The van der Waals surface area contributed by atoms with Gasteiger partial charge in [-0.1, -0.05) is 48.9 Å². The van der Waals surface area contributed by atoms with Crippen LogP contribution in [0.2, 0.25) is 0 Å². The average molecular weight is 564 g/mol. The molecule has 2 fully saturated rings. The maximum absolute atomic E-state index is 14.1. The number of anilines is 2. The van der Waals surface area contributed by atoms with Gasteiger partial charge in [0.05, 0.1) is 0 Å². The van der Waals surface area contributed by atoms with Crippen molar-refractivity contribution in [1.82, 2.24) is 14.8 Å². The number of aromatic nitrogens is 1. The number of nitrogens with one attached hydrogen (secondary N) is 3. The SMILES string of the molecule is CC(=O)Nc1ccc(-c2cc3cc(NC(=O)[C@@H]4CCCN4C(=O)[C@@H](c4ccccc4)N4CCCCC4)ccc3[nH]2)cc1. The van der Waals surface area contributed by atoms with Gasteiger partial charge in [0.2, 0.25) is 17.7 Å². The van der Waals surface area contributed by atoms with Gasteiger partial charge in [0.25, 0.3) is 0 Å². The summed E-state index contributed by atoms with van der Waals surface area (Å²) in [7, 11) is 0. The molecule has 2 atom stereocenters. The minimum atomic E-state index is -0.492. The molecule has 8 nitrogen and oxygen atoms in total. The van der Waals surface area contributed by atoms with Crippen molar-refractivity contribution in [3.63, 3.8) is 0 Å². The van der Waals surface area contributed by atoms with Gasteiger partial charge in [-0.15, -0.1) is 0 Å². The number of piperidine rings is 1. The first-order valence-electron chi connectivity index (χ1n) is 14.9. The van der Waals surface area contributed by atoms with Gasteiger partial charge >= 0.3 is 0 Å². The summed E-state index contributed by atoms with van der Waals surface area (Å²) in [5.41, 5.74) is 5.34. The van der Waals surface area contributed by atoms with E-state index in [-0.39, 0.29) is 23.8 Å². The van der Waals surface area contributed by atoms with E-state index in [4.69, 9.17) is 0 Å². The number of fused-ring (bicyclic) bond motifs is 1. The van der Waals surface area contributed by atoms with Gasteiger partial charge in [-0.2, -0.15) is 0 Å². The summed E-state index contributed by atoms with van der Waals surface area (Å²) in [4.78, 5) is 46.5. The number of hydrogen-bond acceptors (Lipinski definition) is 4. The van der Waals surface area contributed by atoms with Gasteiger partial charge in [-0.05, 0) is 86.3 Å². The first-order valence-corrected chi connectivity index (χ1v) is 14.9. The van der Waals surface area contributed by atoms with Gasteiger partial charge in [0.15, 0.2) is 0 Å². The van der Waals surface area contributed by atoms with E-state index in [2.05, 4.69) is 20.5 Å². The summed E-state index contributed by atoms with van der Waals surface area (Å²) in [6.45, 7) is 3.87. The molecule has 6 rings (SSSR count). The van der Waals surface area contributed by atoms with Crippen molar-refractivity contribution >= 4 is 40.0 Å². The summed E-state index contributed by atoms with van der Waals surface area (Å²) in [5.74, 6) is -0.225. The minimum Gasteiger partial charge on any atom is -0.355 e. The first kappa shape index (κ1) is 27.7. The number of rotatable bonds is 7. The van der Waals surface area contributed by atoms with Crippen LogP contribution >= 0.6 is 0 Å². The number of likely N-dealkylation sites (tertiary alicyclic amines) is 2. The highest BCUT2D eigenvalue weighted by Crippen LogP contribution is 2.31. The lowest BCUT2D eigenvalue weighted by Gasteiger charge is -2.37. The van der Waals surface area contributed by atoms with E-state index in [9.17, 15) is 14.4 Å². The first-order chi connectivity index (χ1) is 20.5. The molecule has 3 amide bonds. The Balaban J connectivity index is 1.18. The molecule has 0 bridgehead atoms. The Kier molecular flexibility index (Phi) is 8.06. The van der Waals surface area contributed by atoms with Crippen molar-refractivity contribution in [3.8, 4) is 11.3 Å². The van der Waals surface area contributed by atoms with Crippen molar-refractivity contribution < 1.29 is 14.4 Å². The molecule has 3 N–H and O–H groups in total. The number of benzene rings is 3. The molecule has 3 heterocycles. The van der Waals surface area contributed by atoms with Crippen LogP contribution in [0.3, 0.4) is 0 Å². The van der Waals surface area contributed by atoms with E-state index >= 15 is 0 Å². The molecule has 2 aliphatic heterocycles. The smallest absolute Gasteiger partial charge is 0.247 e. The molecule has 0 spiro atoms. The number of hydrogen-bond donors (Lipinski definition) is 3. The van der Waals surface area contributed by atoms with Crippen LogP contribution in [0.15, 0.2) is 78.9 Å². The van der Waals surface area contributed by atoms with Crippen molar-refractivity contribution in [1.29, 1.82) is 0 Å². The zero-order valence-electron chi connectivity index (χ0n) is 23.9. The van der Waals surface area contributed by atoms with E-state index < -0.39 is 6.04 Å². The third kappa shape index (κ3) is 5.94. The van der Waals surface area contributed by atoms with Crippen LogP contribution in [0.4, 0.5) is 11.4 Å². The van der Waals surface area contributed by atoms with Gasteiger partial charge < -0.3 is 20.5 Å². The van der Waals surface area contributed by atoms with Crippen LogP contribution < -0.4 is 10.6 Å². The molecule has 1 aromatic heterocycles. The fraction of sp³-hybridized carbons (Fsp3) is 0.324. The summed E-state index contributed by atoms with van der Waals surface area (Å²) in [6, 6.07) is 24.7. The maximum Gasteiger partial charge on any atom is 0.247 e. The van der Waals surface area contributed by atoms with Crippen LogP contribution in [0.5, 0.6) is 0 Å². The molecular formula is C34H37N5O3. The number of aromatic amines is 1. The Hall–Kier alpha value is -4.43. The second-order valence-corrected chi connectivity index (χ2v) is 11.3. The van der Waals surface area contributed by atoms with E-state index in [0.29, 0.717) is 18.7 Å². The second-order valence-electron chi connectivity index (χ2n) is 11.3. The Bertz CT molecular complexity index is 1570. The van der Waals surface area contributed by atoms with E-state index in [1.807, 2.05) is 78.9 Å². The largest absolute Gasteiger partial charge is 0.355 e. The summed E-state index contributed by atoms with van der Waals surface area (Å²) in [6.07, 6.45) is 4.84. The second kappa shape index (κ2) is 12.2. The lowest BCUT2D eigenvalue weighted by atomic mass is 10.00. The third-order valence-corrected chi connectivity index (χ3v) is 8.35. The molecule has 8 heteroatoms. The molecule has 216 valence electrons. The quantitative estimate of drug-likeness (QED) is 0.259. The molecule has 0 aliphatic carbocycles. The Morgan fingerprint density at radius 2 is 1.55 bits per heavy atom. The summed E-state index contributed by atoms with van der Waals surface area (Å²) >= 11 is 0. The fourth-order valence-corrected chi connectivity index (χ4v) is 6.31. The molecule has 2 aliphatic rings. The molecular weight excluding hydrogens is 526 g/mol. The molecule has 0 unspecified atom stereocenters. The van der Waals surface area contributed by atoms with Crippen LogP contribution in [-0.2, 0) is 14.4 Å². The minimum absolute atomic E-state index is 0.0241. The zero-order valence-corrected chi connectivity index (χ0v) is 23.9. The zero-order chi connectivity index (χ0) is 29.1. The van der Waals surface area contributed by atoms with E-state index in [1.54, 1.807) is 4.90 Å². The fourth-order valence-electron chi connectivity index (χ4n) is 6.31. The van der Waals surface area contributed by atoms with Gasteiger partial charge in [0.1, 0.15) is 12.1 Å². The molecule has 2 saturated heterocycles. The lowest BCUT2D eigenvalue weighted by Crippen LogP contribution is -2.49. The Morgan fingerprint density at radius 3 is 2.29 bits per heavy atom. The number of nitrogens with zero attached hydrogens (tertiary/aromatic N) is 2. The highest BCUT2D eigenvalue weighted by molar-refractivity contribution is 6.00. The normalized spacial score (nSPS) is 18.1. The average Bonchev–Trinajstić information content (AvgIpc) is 3.66. The number of carbonyl (C=O) groups excluding carboxylic acids is 3. The van der Waals surface area contributed by atoms with Gasteiger partial charge in [-0.25, -0.2) is 0 Å². The molecule has 3 aromatic carbocycles. The van der Waals surface area contributed by atoms with Crippen LogP contribution in [0, 0.1) is 0 Å². The summed E-state index contributed by atoms with van der Waals surface area (Å²) in [5, 5.41) is 6.85.